The van der Waals surface area contributed by atoms with Gasteiger partial charge in [-0.25, -0.2) is 0 Å². The number of unbranched alkanes of at least 4 members (excludes halogenated alkanes) is 1. The second kappa shape index (κ2) is 8.37. The Morgan fingerprint density at radius 1 is 0.929 bits per heavy atom. The molecule has 0 atom stereocenters. The first kappa shape index (κ1) is 14.1. The Balaban J connectivity index is 3.94. The van der Waals surface area contributed by atoms with E-state index in [9.17, 15) is 0 Å². The predicted molar refractivity (Wildman–Crippen MR) is 61.0 cm³/mol. The maximum absolute atomic E-state index is 5.76. The standard InChI is InChI=1S/C9H24N2O2Si/c1-5-7-9-13-14(10-3,11-4)12-8-6-2/h10-11H,5-9H2,1-4H3. The molecule has 0 aliphatic heterocycles. The molecule has 86 valence electrons. The first-order chi connectivity index (χ1) is 6.74. The first-order valence-corrected chi connectivity index (χ1v) is 7.22. The van der Waals surface area contributed by atoms with Gasteiger partial charge in [0.05, 0.1) is 0 Å². The molecule has 0 fully saturated rings. The summed E-state index contributed by atoms with van der Waals surface area (Å²) in [5.41, 5.74) is 0. The third-order valence-electron chi connectivity index (χ3n) is 1.97. The Kier molecular flexibility index (Phi) is 8.41. The number of hydrogen-bond donors (Lipinski definition) is 2. The molecule has 0 aromatic rings. The van der Waals surface area contributed by atoms with Crippen molar-refractivity contribution in [1.29, 1.82) is 0 Å². The molecular weight excluding hydrogens is 196 g/mol. The maximum atomic E-state index is 5.76. The van der Waals surface area contributed by atoms with Crippen molar-refractivity contribution in [2.24, 2.45) is 0 Å². The zero-order valence-corrected chi connectivity index (χ0v) is 10.9. The summed E-state index contributed by atoms with van der Waals surface area (Å²) in [5.74, 6) is 0. The Morgan fingerprint density at radius 2 is 1.50 bits per heavy atom. The quantitative estimate of drug-likeness (QED) is 0.451. The van der Waals surface area contributed by atoms with Crippen molar-refractivity contribution in [2.75, 3.05) is 27.3 Å². The van der Waals surface area contributed by atoms with E-state index in [2.05, 4.69) is 23.8 Å². The van der Waals surface area contributed by atoms with E-state index in [0.29, 0.717) is 0 Å². The fourth-order valence-electron chi connectivity index (χ4n) is 1.06. The van der Waals surface area contributed by atoms with Gasteiger partial charge in [0.25, 0.3) is 0 Å². The molecule has 0 aromatic heterocycles. The molecule has 0 rings (SSSR count). The summed E-state index contributed by atoms with van der Waals surface area (Å²) >= 11 is 0. The number of nitrogens with one attached hydrogen (secondary N) is 2. The second-order valence-electron chi connectivity index (χ2n) is 3.17. The molecule has 0 aromatic carbocycles. The largest absolute Gasteiger partial charge is 0.516 e. The van der Waals surface area contributed by atoms with Crippen molar-refractivity contribution in [3.63, 3.8) is 0 Å². The molecule has 0 heterocycles. The summed E-state index contributed by atoms with van der Waals surface area (Å²) in [6.07, 6.45) is 3.23. The molecule has 0 saturated carbocycles. The van der Waals surface area contributed by atoms with Crippen LogP contribution in [0.25, 0.3) is 0 Å². The molecule has 2 N–H and O–H groups in total. The molecule has 5 heteroatoms. The van der Waals surface area contributed by atoms with Crippen LogP contribution in [0, 0.1) is 0 Å². The zero-order valence-electron chi connectivity index (χ0n) is 9.85. The summed E-state index contributed by atoms with van der Waals surface area (Å²) in [4.78, 5) is 6.28. The van der Waals surface area contributed by atoms with Gasteiger partial charge in [-0.05, 0) is 26.9 Å². The average Bonchev–Trinajstić information content (AvgIpc) is 2.24. The molecule has 0 amide bonds. The van der Waals surface area contributed by atoms with E-state index in [1.165, 1.54) is 0 Å². The van der Waals surface area contributed by atoms with E-state index in [4.69, 9.17) is 8.85 Å². The highest BCUT2D eigenvalue weighted by Gasteiger charge is 2.35. The molecule has 4 nitrogen and oxygen atoms in total. The van der Waals surface area contributed by atoms with Crippen molar-refractivity contribution in [3.05, 3.63) is 0 Å². The molecule has 14 heavy (non-hydrogen) atoms. The van der Waals surface area contributed by atoms with Gasteiger partial charge < -0.3 is 8.85 Å². The molecule has 0 unspecified atom stereocenters. The lowest BCUT2D eigenvalue weighted by molar-refractivity contribution is 0.148. The van der Waals surface area contributed by atoms with Crippen molar-refractivity contribution in [3.8, 4) is 0 Å². The zero-order chi connectivity index (χ0) is 10.9. The van der Waals surface area contributed by atoms with Crippen LogP contribution in [-0.2, 0) is 8.85 Å². The van der Waals surface area contributed by atoms with E-state index < -0.39 is 8.88 Å². The maximum Gasteiger partial charge on any atom is 0.516 e. The minimum atomic E-state index is -2.30. The van der Waals surface area contributed by atoms with Gasteiger partial charge in [0.1, 0.15) is 0 Å². The third kappa shape index (κ3) is 5.07. The summed E-state index contributed by atoms with van der Waals surface area (Å²) < 4.78 is 11.5. The Bertz CT molecular complexity index is 132. The molecule has 0 radical (unpaired) electrons. The van der Waals surface area contributed by atoms with E-state index in [1.54, 1.807) is 0 Å². The van der Waals surface area contributed by atoms with Gasteiger partial charge >= 0.3 is 8.88 Å². The van der Waals surface area contributed by atoms with Gasteiger partial charge in [-0.3, -0.25) is 9.96 Å². The number of hydrogen-bond acceptors (Lipinski definition) is 4. The van der Waals surface area contributed by atoms with Crippen LogP contribution in [0.15, 0.2) is 0 Å². The van der Waals surface area contributed by atoms with Crippen LogP contribution >= 0.6 is 0 Å². The van der Waals surface area contributed by atoms with Crippen LogP contribution in [0.4, 0.5) is 0 Å². The Hall–Kier alpha value is 0.0569. The number of rotatable bonds is 9. The minimum Gasteiger partial charge on any atom is -0.371 e. The van der Waals surface area contributed by atoms with Crippen LogP contribution in [0.1, 0.15) is 33.1 Å². The fraction of sp³-hybridized carbons (Fsp3) is 1.00. The fourth-order valence-corrected chi connectivity index (χ4v) is 2.90. The van der Waals surface area contributed by atoms with Crippen LogP contribution in [0.2, 0.25) is 0 Å². The summed E-state index contributed by atoms with van der Waals surface area (Å²) in [7, 11) is 1.46. The van der Waals surface area contributed by atoms with Gasteiger partial charge in [0, 0.05) is 13.2 Å². The molecule has 0 saturated heterocycles. The van der Waals surface area contributed by atoms with E-state index in [1.807, 2.05) is 14.1 Å². The topological polar surface area (TPSA) is 42.5 Å². The lowest BCUT2D eigenvalue weighted by Crippen LogP contribution is -2.65. The highest BCUT2D eigenvalue weighted by Crippen LogP contribution is 2.01. The molecular formula is C9H24N2O2Si. The van der Waals surface area contributed by atoms with E-state index in [-0.39, 0.29) is 0 Å². The first-order valence-electron chi connectivity index (χ1n) is 5.40. The van der Waals surface area contributed by atoms with Crippen molar-refractivity contribution >= 4 is 8.88 Å². The Labute approximate surface area is 88.8 Å². The Morgan fingerprint density at radius 3 is 1.93 bits per heavy atom. The van der Waals surface area contributed by atoms with Crippen molar-refractivity contribution in [2.45, 2.75) is 33.1 Å². The van der Waals surface area contributed by atoms with Crippen molar-refractivity contribution < 1.29 is 8.85 Å². The van der Waals surface area contributed by atoms with Crippen LogP contribution in [-0.4, -0.2) is 36.2 Å². The van der Waals surface area contributed by atoms with E-state index >= 15 is 0 Å². The van der Waals surface area contributed by atoms with Gasteiger partial charge in [0.15, 0.2) is 0 Å². The average molecular weight is 220 g/mol. The summed E-state index contributed by atoms with van der Waals surface area (Å²) in [5, 5.41) is 0. The SMILES string of the molecule is CCCCO[Si](NC)(NC)OCCC. The normalized spacial score (nSPS) is 12.0. The molecule has 0 aliphatic rings. The van der Waals surface area contributed by atoms with Gasteiger partial charge in [-0.2, -0.15) is 0 Å². The lowest BCUT2D eigenvalue weighted by Gasteiger charge is -2.28. The van der Waals surface area contributed by atoms with Crippen LogP contribution in [0.5, 0.6) is 0 Å². The second-order valence-corrected chi connectivity index (χ2v) is 5.98. The minimum absolute atomic E-state index is 0.736. The van der Waals surface area contributed by atoms with Gasteiger partial charge in [-0.1, -0.05) is 20.3 Å². The monoisotopic (exact) mass is 220 g/mol. The van der Waals surface area contributed by atoms with Crippen LogP contribution in [0.3, 0.4) is 0 Å². The summed E-state index contributed by atoms with van der Waals surface area (Å²) in [6, 6.07) is 0. The van der Waals surface area contributed by atoms with Crippen molar-refractivity contribution in [1.82, 2.24) is 9.96 Å². The molecule has 0 bridgehead atoms. The third-order valence-corrected chi connectivity index (χ3v) is 4.51. The summed E-state index contributed by atoms with van der Waals surface area (Å²) in [6.45, 7) is 5.74. The smallest absolute Gasteiger partial charge is 0.371 e. The lowest BCUT2D eigenvalue weighted by atomic mass is 10.4. The highest BCUT2D eigenvalue weighted by atomic mass is 28.4. The van der Waals surface area contributed by atoms with Crippen LogP contribution < -0.4 is 9.96 Å². The van der Waals surface area contributed by atoms with Gasteiger partial charge in [-0.15, -0.1) is 0 Å². The highest BCUT2D eigenvalue weighted by molar-refractivity contribution is 6.61. The molecule has 0 aliphatic carbocycles. The predicted octanol–water partition coefficient (Wildman–Crippen LogP) is 1.10. The molecule has 0 spiro atoms. The van der Waals surface area contributed by atoms with E-state index in [0.717, 1.165) is 32.5 Å². The van der Waals surface area contributed by atoms with Gasteiger partial charge in [0.2, 0.25) is 0 Å².